The highest BCUT2D eigenvalue weighted by Crippen LogP contribution is 2.47. The molecule has 3 aromatic carbocycles. The van der Waals surface area contributed by atoms with Gasteiger partial charge >= 0.3 is 0 Å². The van der Waals surface area contributed by atoms with Crippen molar-refractivity contribution < 1.29 is 9.94 Å². The number of hydrogen-bond donors (Lipinski definition) is 1. The van der Waals surface area contributed by atoms with E-state index in [0.29, 0.717) is 22.9 Å². The van der Waals surface area contributed by atoms with Crippen molar-refractivity contribution in [2.45, 2.75) is 31.4 Å². The van der Waals surface area contributed by atoms with Gasteiger partial charge in [-0.2, -0.15) is 0 Å². The number of nitrogens with zero attached hydrogens (tertiary/aromatic N) is 1. The van der Waals surface area contributed by atoms with Crippen molar-refractivity contribution in [1.82, 2.24) is 0 Å². The average molecular weight is 428 g/mol. The largest absolute Gasteiger partial charge is 0.393 e. The Morgan fingerprint density at radius 2 is 1.72 bits per heavy atom. The minimum atomic E-state index is -0.749. The molecule has 5 heteroatoms. The van der Waals surface area contributed by atoms with Crippen LogP contribution >= 0.6 is 23.2 Å². The maximum Gasteiger partial charge on any atom is 0.126 e. The van der Waals surface area contributed by atoms with Gasteiger partial charge in [-0.3, -0.25) is 4.84 Å². The van der Waals surface area contributed by atoms with Crippen molar-refractivity contribution in [2.24, 2.45) is 0 Å². The summed E-state index contributed by atoms with van der Waals surface area (Å²) in [7, 11) is 0. The van der Waals surface area contributed by atoms with Crippen LogP contribution in [0.25, 0.3) is 0 Å². The quantitative estimate of drug-likeness (QED) is 0.529. The van der Waals surface area contributed by atoms with E-state index in [1.165, 1.54) is 5.56 Å². The van der Waals surface area contributed by atoms with Crippen LogP contribution in [-0.4, -0.2) is 17.3 Å². The molecule has 3 nitrogen and oxygen atoms in total. The fourth-order valence-corrected chi connectivity index (χ4v) is 4.33. The van der Waals surface area contributed by atoms with Gasteiger partial charge in [-0.15, -0.1) is 0 Å². The predicted molar refractivity (Wildman–Crippen MR) is 119 cm³/mol. The third-order valence-corrected chi connectivity index (χ3v) is 6.26. The van der Waals surface area contributed by atoms with Gasteiger partial charge < -0.3 is 5.11 Å². The molecule has 1 saturated heterocycles. The highest BCUT2D eigenvalue weighted by molar-refractivity contribution is 6.42. The van der Waals surface area contributed by atoms with Crippen molar-refractivity contribution in [1.29, 1.82) is 0 Å². The Labute approximate surface area is 181 Å². The van der Waals surface area contributed by atoms with Crippen molar-refractivity contribution in [3.05, 3.63) is 99.5 Å². The first kappa shape index (κ1) is 20.2. The number of hydrogen-bond acceptors (Lipinski definition) is 3. The topological polar surface area (TPSA) is 32.7 Å². The Hall–Kier alpha value is -2.04. The number of rotatable bonds is 5. The third kappa shape index (κ3) is 4.15. The van der Waals surface area contributed by atoms with Crippen molar-refractivity contribution in [2.75, 3.05) is 11.7 Å². The van der Waals surface area contributed by atoms with Gasteiger partial charge in [-0.05, 0) is 36.2 Å². The SMILES string of the molecule is Cc1ccc(C[C@]2(CO)C[C@H](c3cccc(Cl)c3Cl)N(c3ccccc3)O2)cc1. The van der Waals surface area contributed by atoms with Gasteiger partial charge in [0.1, 0.15) is 5.60 Å². The number of aryl methyl sites for hydroxylation is 1. The molecule has 1 aliphatic rings. The maximum absolute atomic E-state index is 10.4. The van der Waals surface area contributed by atoms with Gasteiger partial charge in [0, 0.05) is 12.8 Å². The van der Waals surface area contributed by atoms with Crippen LogP contribution in [0.2, 0.25) is 10.0 Å². The molecule has 0 amide bonds. The lowest BCUT2D eigenvalue weighted by Crippen LogP contribution is -2.37. The molecule has 1 fully saturated rings. The monoisotopic (exact) mass is 427 g/mol. The summed E-state index contributed by atoms with van der Waals surface area (Å²) in [6, 6.07) is 23.7. The van der Waals surface area contributed by atoms with Crippen LogP contribution in [0.1, 0.15) is 29.2 Å². The van der Waals surface area contributed by atoms with E-state index in [9.17, 15) is 5.11 Å². The Morgan fingerprint density at radius 3 is 2.41 bits per heavy atom. The maximum atomic E-state index is 10.4. The first-order valence-corrected chi connectivity index (χ1v) is 10.4. The molecule has 0 spiro atoms. The number of para-hydroxylation sites is 1. The Balaban J connectivity index is 1.74. The predicted octanol–water partition coefficient (Wildman–Crippen LogP) is 6.16. The summed E-state index contributed by atoms with van der Waals surface area (Å²) >= 11 is 12.9. The normalized spacial score (nSPS) is 21.5. The van der Waals surface area contributed by atoms with Crippen LogP contribution in [0, 0.1) is 6.92 Å². The molecule has 0 unspecified atom stereocenters. The summed E-state index contributed by atoms with van der Waals surface area (Å²) in [6.07, 6.45) is 1.19. The van der Waals surface area contributed by atoms with Crippen molar-refractivity contribution >= 4 is 28.9 Å². The van der Waals surface area contributed by atoms with E-state index in [2.05, 4.69) is 31.2 Å². The molecule has 0 aromatic heterocycles. The highest BCUT2D eigenvalue weighted by Gasteiger charge is 2.47. The number of benzene rings is 3. The van der Waals surface area contributed by atoms with Gasteiger partial charge in [-0.1, -0.05) is 83.4 Å². The Morgan fingerprint density at radius 1 is 1.00 bits per heavy atom. The summed E-state index contributed by atoms with van der Waals surface area (Å²) in [5.41, 5.74) is 3.38. The van der Waals surface area contributed by atoms with E-state index in [-0.39, 0.29) is 12.6 Å². The number of aliphatic hydroxyl groups is 1. The Kier molecular flexibility index (Phi) is 5.84. The second-order valence-electron chi connectivity index (χ2n) is 7.62. The summed E-state index contributed by atoms with van der Waals surface area (Å²) in [4.78, 5) is 6.46. The number of aliphatic hydroxyl groups excluding tert-OH is 1. The van der Waals surface area contributed by atoms with Gasteiger partial charge in [-0.25, -0.2) is 5.06 Å². The summed E-state index contributed by atoms with van der Waals surface area (Å²) in [5, 5.41) is 13.3. The minimum absolute atomic E-state index is 0.0983. The number of hydroxylamine groups is 1. The standard InChI is InChI=1S/C24H23Cl2NO2/c1-17-10-12-18(13-11-17)14-24(16-28)15-22(20-8-5-9-21(25)23(20)26)27(29-24)19-6-3-2-4-7-19/h2-13,22,28H,14-16H2,1H3/t22-,24-/m1/s1. The number of halogens is 2. The molecule has 0 radical (unpaired) electrons. The van der Waals surface area contributed by atoms with Crippen LogP contribution < -0.4 is 5.06 Å². The van der Waals surface area contributed by atoms with Gasteiger partial charge in [0.25, 0.3) is 0 Å². The van der Waals surface area contributed by atoms with E-state index in [1.807, 2.05) is 47.5 Å². The zero-order valence-corrected chi connectivity index (χ0v) is 17.7. The van der Waals surface area contributed by atoms with E-state index in [0.717, 1.165) is 16.8 Å². The first-order chi connectivity index (χ1) is 14.0. The fourth-order valence-electron chi connectivity index (χ4n) is 3.90. The molecular formula is C24H23Cl2NO2. The van der Waals surface area contributed by atoms with Gasteiger partial charge in [0.15, 0.2) is 0 Å². The van der Waals surface area contributed by atoms with Crippen LogP contribution in [-0.2, 0) is 11.3 Å². The van der Waals surface area contributed by atoms with E-state index in [4.69, 9.17) is 28.0 Å². The molecule has 1 heterocycles. The lowest BCUT2D eigenvalue weighted by atomic mass is 9.87. The third-order valence-electron chi connectivity index (χ3n) is 5.43. The highest BCUT2D eigenvalue weighted by atomic mass is 35.5. The molecule has 4 rings (SSSR count). The van der Waals surface area contributed by atoms with Crippen LogP contribution in [0.3, 0.4) is 0 Å². The zero-order valence-electron chi connectivity index (χ0n) is 16.2. The molecule has 3 aromatic rings. The summed E-state index contributed by atoms with van der Waals surface area (Å²) in [5.74, 6) is 0. The molecule has 0 saturated carbocycles. The van der Waals surface area contributed by atoms with Crippen molar-refractivity contribution in [3.8, 4) is 0 Å². The van der Waals surface area contributed by atoms with Gasteiger partial charge in [0.2, 0.25) is 0 Å². The molecule has 150 valence electrons. The van der Waals surface area contributed by atoms with Crippen molar-refractivity contribution in [3.63, 3.8) is 0 Å². The fraction of sp³-hybridized carbons (Fsp3) is 0.250. The van der Waals surface area contributed by atoms with E-state index < -0.39 is 5.60 Å². The van der Waals surface area contributed by atoms with Gasteiger partial charge in [0.05, 0.1) is 28.4 Å². The molecule has 29 heavy (non-hydrogen) atoms. The molecular weight excluding hydrogens is 405 g/mol. The molecule has 2 atom stereocenters. The van der Waals surface area contributed by atoms with E-state index in [1.54, 1.807) is 6.07 Å². The van der Waals surface area contributed by atoms with Crippen LogP contribution in [0.4, 0.5) is 5.69 Å². The number of anilines is 1. The second-order valence-corrected chi connectivity index (χ2v) is 8.40. The van der Waals surface area contributed by atoms with Crippen LogP contribution in [0.15, 0.2) is 72.8 Å². The molecule has 1 N–H and O–H groups in total. The smallest absolute Gasteiger partial charge is 0.126 e. The summed E-state index contributed by atoms with van der Waals surface area (Å²) < 4.78 is 0. The Bertz CT molecular complexity index is 978. The zero-order chi connectivity index (χ0) is 20.4. The summed E-state index contributed by atoms with van der Waals surface area (Å²) in [6.45, 7) is 1.96. The molecule has 0 aliphatic carbocycles. The lowest BCUT2D eigenvalue weighted by molar-refractivity contribution is -0.0509. The average Bonchev–Trinajstić information content (AvgIpc) is 3.12. The lowest BCUT2D eigenvalue weighted by Gasteiger charge is -2.28. The molecule has 1 aliphatic heterocycles. The van der Waals surface area contributed by atoms with Crippen LogP contribution in [0.5, 0.6) is 0 Å². The first-order valence-electron chi connectivity index (χ1n) is 9.65. The molecule has 0 bridgehead atoms. The minimum Gasteiger partial charge on any atom is -0.393 e. The second kappa shape index (κ2) is 8.37. The van der Waals surface area contributed by atoms with E-state index >= 15 is 0 Å².